The van der Waals surface area contributed by atoms with E-state index in [0.717, 1.165) is 43.1 Å². The minimum Gasteiger partial charge on any atom is -0.497 e. The lowest BCUT2D eigenvalue weighted by Crippen LogP contribution is -2.18. The van der Waals surface area contributed by atoms with E-state index in [9.17, 15) is 0 Å². The zero-order valence-electron chi connectivity index (χ0n) is 12.1. The SMILES string of the molecule is CCOCCCOc1ccc(OC)cc1CC(C)N. The Morgan fingerprint density at radius 2 is 2.05 bits per heavy atom. The monoisotopic (exact) mass is 267 g/mol. The Bertz CT molecular complexity index is 366. The molecule has 0 saturated heterocycles. The van der Waals surface area contributed by atoms with Gasteiger partial charge in [0.2, 0.25) is 0 Å². The van der Waals surface area contributed by atoms with Crippen molar-refractivity contribution in [1.29, 1.82) is 0 Å². The van der Waals surface area contributed by atoms with Crippen molar-refractivity contribution in [2.45, 2.75) is 32.7 Å². The van der Waals surface area contributed by atoms with E-state index in [1.165, 1.54) is 0 Å². The highest BCUT2D eigenvalue weighted by Crippen LogP contribution is 2.25. The standard InChI is InChI=1S/C15H25NO3/c1-4-18-8-5-9-19-15-7-6-14(17-3)11-13(15)10-12(2)16/h6-7,11-12H,4-5,8-10,16H2,1-3H3. The number of nitrogens with two attached hydrogens (primary N) is 1. The van der Waals surface area contributed by atoms with Crippen LogP contribution < -0.4 is 15.2 Å². The van der Waals surface area contributed by atoms with Crippen molar-refractivity contribution in [3.63, 3.8) is 0 Å². The van der Waals surface area contributed by atoms with E-state index in [2.05, 4.69) is 0 Å². The number of ether oxygens (including phenoxy) is 3. The van der Waals surface area contributed by atoms with E-state index >= 15 is 0 Å². The first-order valence-corrected chi connectivity index (χ1v) is 6.80. The molecule has 0 amide bonds. The molecule has 1 unspecified atom stereocenters. The molecule has 0 radical (unpaired) electrons. The van der Waals surface area contributed by atoms with E-state index < -0.39 is 0 Å². The predicted molar refractivity (Wildman–Crippen MR) is 77.0 cm³/mol. The summed E-state index contributed by atoms with van der Waals surface area (Å²) >= 11 is 0. The second kappa shape index (κ2) is 8.77. The number of methoxy groups -OCH3 is 1. The van der Waals surface area contributed by atoms with Crippen molar-refractivity contribution in [2.24, 2.45) is 5.73 Å². The first-order valence-electron chi connectivity index (χ1n) is 6.80. The Labute approximate surface area is 115 Å². The van der Waals surface area contributed by atoms with E-state index in [1.807, 2.05) is 32.0 Å². The smallest absolute Gasteiger partial charge is 0.122 e. The zero-order chi connectivity index (χ0) is 14.1. The quantitative estimate of drug-likeness (QED) is 0.698. The summed E-state index contributed by atoms with van der Waals surface area (Å²) in [6.45, 7) is 6.11. The van der Waals surface area contributed by atoms with Crippen LogP contribution in [0.25, 0.3) is 0 Å². The molecule has 1 atom stereocenters. The Balaban J connectivity index is 2.59. The van der Waals surface area contributed by atoms with Crippen LogP contribution in [0.1, 0.15) is 25.8 Å². The maximum Gasteiger partial charge on any atom is 0.122 e. The molecule has 1 aromatic carbocycles. The van der Waals surface area contributed by atoms with Crippen LogP contribution in [-0.2, 0) is 11.2 Å². The van der Waals surface area contributed by atoms with Gasteiger partial charge in [-0.3, -0.25) is 0 Å². The van der Waals surface area contributed by atoms with Crippen LogP contribution in [0.5, 0.6) is 11.5 Å². The molecule has 1 rings (SSSR count). The van der Waals surface area contributed by atoms with Gasteiger partial charge in [0.1, 0.15) is 11.5 Å². The second-order valence-corrected chi connectivity index (χ2v) is 4.55. The topological polar surface area (TPSA) is 53.7 Å². The minimum atomic E-state index is 0.0953. The Kier molecular flexibility index (Phi) is 7.30. The van der Waals surface area contributed by atoms with E-state index in [1.54, 1.807) is 7.11 Å². The van der Waals surface area contributed by atoms with E-state index in [0.29, 0.717) is 6.61 Å². The second-order valence-electron chi connectivity index (χ2n) is 4.55. The number of rotatable bonds is 9. The van der Waals surface area contributed by atoms with Crippen molar-refractivity contribution < 1.29 is 14.2 Å². The van der Waals surface area contributed by atoms with Gasteiger partial charge in [-0.15, -0.1) is 0 Å². The average molecular weight is 267 g/mol. The Morgan fingerprint density at radius 1 is 1.26 bits per heavy atom. The molecule has 0 aliphatic rings. The van der Waals surface area contributed by atoms with E-state index in [-0.39, 0.29) is 6.04 Å². The van der Waals surface area contributed by atoms with Gasteiger partial charge in [-0.05, 0) is 44.0 Å². The summed E-state index contributed by atoms with van der Waals surface area (Å²) in [7, 11) is 1.66. The molecule has 19 heavy (non-hydrogen) atoms. The van der Waals surface area contributed by atoms with Crippen molar-refractivity contribution in [1.82, 2.24) is 0 Å². The molecule has 4 nitrogen and oxygen atoms in total. The van der Waals surface area contributed by atoms with Crippen LogP contribution >= 0.6 is 0 Å². The maximum atomic E-state index is 5.86. The summed E-state index contributed by atoms with van der Waals surface area (Å²) in [5.74, 6) is 1.71. The summed E-state index contributed by atoms with van der Waals surface area (Å²) in [6, 6.07) is 5.93. The summed E-state index contributed by atoms with van der Waals surface area (Å²) in [6.07, 6.45) is 1.66. The van der Waals surface area contributed by atoms with E-state index in [4.69, 9.17) is 19.9 Å². The lowest BCUT2D eigenvalue weighted by molar-refractivity contribution is 0.130. The predicted octanol–water partition coefficient (Wildman–Crippen LogP) is 2.39. The van der Waals surface area contributed by atoms with Gasteiger partial charge in [0.25, 0.3) is 0 Å². The molecule has 0 spiro atoms. The highest BCUT2D eigenvalue weighted by atomic mass is 16.5. The fourth-order valence-electron chi connectivity index (χ4n) is 1.82. The van der Waals surface area contributed by atoms with Gasteiger partial charge in [-0.1, -0.05) is 0 Å². The van der Waals surface area contributed by atoms with Crippen LogP contribution in [0.4, 0.5) is 0 Å². The van der Waals surface area contributed by atoms with Crippen LogP contribution in [0.15, 0.2) is 18.2 Å². The minimum absolute atomic E-state index is 0.0953. The first kappa shape index (κ1) is 15.8. The first-order chi connectivity index (χ1) is 9.17. The van der Waals surface area contributed by atoms with Crippen molar-refractivity contribution in [3.8, 4) is 11.5 Å². The number of hydrogen-bond donors (Lipinski definition) is 1. The molecule has 0 bridgehead atoms. The summed E-state index contributed by atoms with van der Waals surface area (Å²) in [5.41, 5.74) is 6.95. The molecule has 0 heterocycles. The lowest BCUT2D eigenvalue weighted by atomic mass is 10.1. The van der Waals surface area contributed by atoms with Gasteiger partial charge in [0.05, 0.1) is 13.7 Å². The fraction of sp³-hybridized carbons (Fsp3) is 0.600. The molecule has 1 aromatic rings. The molecule has 0 aliphatic carbocycles. The number of hydrogen-bond acceptors (Lipinski definition) is 4. The largest absolute Gasteiger partial charge is 0.497 e. The van der Waals surface area contributed by atoms with Crippen LogP contribution in [0, 0.1) is 0 Å². The third-order valence-electron chi connectivity index (χ3n) is 2.70. The van der Waals surface area contributed by atoms with Crippen LogP contribution in [0.3, 0.4) is 0 Å². The number of benzene rings is 1. The van der Waals surface area contributed by atoms with Crippen LogP contribution in [0.2, 0.25) is 0 Å². The Hall–Kier alpha value is -1.26. The highest BCUT2D eigenvalue weighted by molar-refractivity contribution is 5.40. The molecule has 0 fully saturated rings. The third-order valence-corrected chi connectivity index (χ3v) is 2.70. The molecule has 0 saturated carbocycles. The van der Waals surface area contributed by atoms with Gasteiger partial charge in [-0.25, -0.2) is 0 Å². The molecule has 0 aliphatic heterocycles. The molecular formula is C15H25NO3. The van der Waals surface area contributed by atoms with Crippen molar-refractivity contribution in [2.75, 3.05) is 26.9 Å². The van der Waals surface area contributed by atoms with Gasteiger partial charge < -0.3 is 19.9 Å². The van der Waals surface area contributed by atoms with Gasteiger partial charge >= 0.3 is 0 Å². The zero-order valence-corrected chi connectivity index (χ0v) is 12.1. The maximum absolute atomic E-state index is 5.86. The van der Waals surface area contributed by atoms with Gasteiger partial charge in [0.15, 0.2) is 0 Å². The normalized spacial score (nSPS) is 12.2. The lowest BCUT2D eigenvalue weighted by Gasteiger charge is -2.14. The summed E-state index contributed by atoms with van der Waals surface area (Å²) in [4.78, 5) is 0. The third kappa shape index (κ3) is 5.94. The average Bonchev–Trinajstić information content (AvgIpc) is 2.39. The fourth-order valence-corrected chi connectivity index (χ4v) is 1.82. The van der Waals surface area contributed by atoms with Crippen molar-refractivity contribution in [3.05, 3.63) is 23.8 Å². The van der Waals surface area contributed by atoms with Crippen molar-refractivity contribution >= 4 is 0 Å². The molecule has 4 heteroatoms. The molecule has 108 valence electrons. The molecule has 0 aromatic heterocycles. The summed E-state index contributed by atoms with van der Waals surface area (Å²) in [5, 5.41) is 0. The summed E-state index contributed by atoms with van der Waals surface area (Å²) < 4.78 is 16.3. The van der Waals surface area contributed by atoms with Gasteiger partial charge in [-0.2, -0.15) is 0 Å². The Morgan fingerprint density at radius 3 is 2.68 bits per heavy atom. The van der Waals surface area contributed by atoms with Crippen LogP contribution in [-0.4, -0.2) is 33.0 Å². The molecular weight excluding hydrogens is 242 g/mol. The molecule has 2 N–H and O–H groups in total. The van der Waals surface area contributed by atoms with Gasteiger partial charge in [0, 0.05) is 25.7 Å². The highest BCUT2D eigenvalue weighted by Gasteiger charge is 2.08.